The molecule has 0 spiro atoms. The third kappa shape index (κ3) is 10.00. The second kappa shape index (κ2) is 13.7. The molecule has 2 unspecified atom stereocenters. The van der Waals surface area contributed by atoms with Gasteiger partial charge in [0.1, 0.15) is 11.4 Å². The molecule has 222 valence electrons. The van der Waals surface area contributed by atoms with Gasteiger partial charge < -0.3 is 19.0 Å². The molecule has 3 aromatic rings. The summed E-state index contributed by atoms with van der Waals surface area (Å²) >= 11 is 0. The lowest BCUT2D eigenvalue weighted by Gasteiger charge is -2.37. The van der Waals surface area contributed by atoms with Crippen LogP contribution in [0.15, 0.2) is 66.7 Å². The molecule has 0 radical (unpaired) electrons. The summed E-state index contributed by atoms with van der Waals surface area (Å²) in [4.78, 5) is 17.8. The van der Waals surface area contributed by atoms with Crippen molar-refractivity contribution in [1.82, 2.24) is 5.06 Å². The highest BCUT2D eigenvalue weighted by Crippen LogP contribution is 2.33. The zero-order chi connectivity index (χ0) is 29.5. The number of rotatable bonds is 11. The molecule has 1 fully saturated rings. The molecule has 0 amide bonds. The molecule has 1 heterocycles. The van der Waals surface area contributed by atoms with Gasteiger partial charge in [0.05, 0.1) is 38.7 Å². The van der Waals surface area contributed by atoms with Crippen molar-refractivity contribution >= 4 is 27.0 Å². The highest BCUT2D eigenvalue weighted by molar-refractivity contribution is 7.85. The smallest absolute Gasteiger partial charge is 0.494 e. The van der Waals surface area contributed by atoms with Crippen molar-refractivity contribution in [3.8, 4) is 5.75 Å². The van der Waals surface area contributed by atoms with E-state index in [1.165, 1.54) is 5.39 Å². The first-order chi connectivity index (χ1) is 19.4. The number of hydroxylamine groups is 2. The third-order valence-electron chi connectivity index (χ3n) is 6.56. The van der Waals surface area contributed by atoms with E-state index in [0.29, 0.717) is 44.9 Å². The highest BCUT2D eigenvalue weighted by atomic mass is 32.2. The molecule has 0 aromatic heterocycles. The molecule has 9 nitrogen and oxygen atoms in total. The van der Waals surface area contributed by atoms with Gasteiger partial charge in [0.2, 0.25) is 0 Å². The predicted molar refractivity (Wildman–Crippen MR) is 156 cm³/mol. The largest absolute Gasteiger partial charge is 0.528 e. The van der Waals surface area contributed by atoms with Crippen molar-refractivity contribution in [2.75, 3.05) is 32.6 Å². The summed E-state index contributed by atoms with van der Waals surface area (Å²) in [6.45, 7) is 7.17. The Morgan fingerprint density at radius 2 is 1.71 bits per heavy atom. The van der Waals surface area contributed by atoms with Crippen molar-refractivity contribution in [1.29, 1.82) is 0 Å². The van der Waals surface area contributed by atoms with Crippen LogP contribution in [-0.4, -0.2) is 63.9 Å². The first-order valence-corrected chi connectivity index (χ1v) is 15.6. The minimum Gasteiger partial charge on any atom is -0.494 e. The van der Waals surface area contributed by atoms with Gasteiger partial charge >= 0.3 is 6.16 Å². The lowest BCUT2D eigenvalue weighted by Crippen LogP contribution is -2.45. The molecule has 0 aliphatic carbocycles. The number of fused-ring (bicyclic) bond motifs is 1. The van der Waals surface area contributed by atoms with Crippen molar-refractivity contribution in [3.63, 3.8) is 0 Å². The average molecular weight is 586 g/mol. The molecule has 0 saturated carbocycles. The number of carbonyl (C=O) groups excluding carboxylic acids is 1. The number of carbonyl (C=O) groups is 1. The zero-order valence-electron chi connectivity index (χ0n) is 24.1. The van der Waals surface area contributed by atoms with Crippen LogP contribution in [0.2, 0.25) is 0 Å². The Morgan fingerprint density at radius 3 is 2.41 bits per heavy atom. The molecule has 1 aliphatic heterocycles. The summed E-state index contributed by atoms with van der Waals surface area (Å²) in [6.07, 6.45) is 1.23. The number of piperidine rings is 1. The number of ether oxygens (including phenoxy) is 3. The van der Waals surface area contributed by atoms with Crippen LogP contribution in [0.3, 0.4) is 0 Å². The van der Waals surface area contributed by atoms with E-state index in [9.17, 15) is 13.2 Å². The van der Waals surface area contributed by atoms with Crippen LogP contribution in [0.4, 0.5) is 4.79 Å². The molecule has 2 atom stereocenters. The lowest BCUT2D eigenvalue weighted by atomic mass is 9.87. The van der Waals surface area contributed by atoms with E-state index in [1.54, 1.807) is 25.8 Å². The normalized spacial score (nSPS) is 18.2. The number of hydrogen-bond acceptors (Lipinski definition) is 9. The fourth-order valence-corrected chi connectivity index (χ4v) is 5.12. The van der Waals surface area contributed by atoms with E-state index in [2.05, 4.69) is 30.3 Å². The molecule has 0 bridgehead atoms. The maximum absolute atomic E-state index is 12.3. The van der Waals surface area contributed by atoms with Crippen LogP contribution < -0.4 is 4.74 Å². The van der Waals surface area contributed by atoms with Crippen LogP contribution in [0, 0.1) is 0 Å². The fraction of sp³-hybridized carbons (Fsp3) is 0.452. The molecule has 3 aromatic carbocycles. The number of nitrogens with zero attached hydrogens (tertiary/aromatic N) is 1. The van der Waals surface area contributed by atoms with Gasteiger partial charge in [0.15, 0.2) is 0 Å². The van der Waals surface area contributed by atoms with Crippen LogP contribution in [0.5, 0.6) is 5.75 Å². The summed E-state index contributed by atoms with van der Waals surface area (Å²) in [5.74, 6) is 0.763. The first kappa shape index (κ1) is 30.8. The van der Waals surface area contributed by atoms with Gasteiger partial charge in [-0.2, -0.15) is 8.42 Å². The number of hydrogen-bond donors (Lipinski definition) is 0. The maximum atomic E-state index is 12.3. The summed E-state index contributed by atoms with van der Waals surface area (Å²) in [7, 11) is -3.45. The molecule has 10 heteroatoms. The van der Waals surface area contributed by atoms with Gasteiger partial charge in [0, 0.05) is 18.9 Å². The van der Waals surface area contributed by atoms with E-state index in [4.69, 9.17) is 23.2 Å². The second-order valence-corrected chi connectivity index (χ2v) is 12.8. The van der Waals surface area contributed by atoms with Gasteiger partial charge in [-0.1, -0.05) is 48.5 Å². The third-order valence-corrected chi connectivity index (χ3v) is 7.15. The van der Waals surface area contributed by atoms with Gasteiger partial charge in [-0.05, 0) is 67.3 Å². The summed E-state index contributed by atoms with van der Waals surface area (Å²) < 4.78 is 44.5. The molecule has 0 N–H and O–H groups in total. The SMILES string of the molecule is CC(C)(C)OC(=O)ON1CCC(c2ccc(OCCCOS(C)(=O)=O)cc2)C(OCc2ccc3ccccc3c2)C1. The van der Waals surface area contributed by atoms with E-state index < -0.39 is 21.9 Å². The highest BCUT2D eigenvalue weighted by Gasteiger charge is 2.34. The van der Waals surface area contributed by atoms with Gasteiger partial charge in [-0.15, -0.1) is 5.06 Å². The van der Waals surface area contributed by atoms with Crippen LogP contribution >= 0.6 is 0 Å². The molecular formula is C31H39NO8S. The molecule has 41 heavy (non-hydrogen) atoms. The monoisotopic (exact) mass is 585 g/mol. The number of benzene rings is 3. The Labute approximate surface area is 242 Å². The van der Waals surface area contributed by atoms with Gasteiger partial charge in [0.25, 0.3) is 10.1 Å². The zero-order valence-corrected chi connectivity index (χ0v) is 24.9. The predicted octanol–water partition coefficient (Wildman–Crippen LogP) is 5.83. The Hall–Kier alpha value is -3.18. The van der Waals surface area contributed by atoms with E-state index in [-0.39, 0.29) is 18.6 Å². The first-order valence-electron chi connectivity index (χ1n) is 13.8. The topological polar surface area (TPSA) is 101 Å². The average Bonchev–Trinajstić information content (AvgIpc) is 2.90. The van der Waals surface area contributed by atoms with Gasteiger partial charge in [-0.3, -0.25) is 4.18 Å². The molecule has 1 aliphatic rings. The van der Waals surface area contributed by atoms with Crippen LogP contribution in [-0.2, 0) is 35.2 Å². The minimum atomic E-state index is -3.45. The van der Waals surface area contributed by atoms with Crippen molar-refractivity contribution in [2.24, 2.45) is 0 Å². The summed E-state index contributed by atoms with van der Waals surface area (Å²) in [5, 5.41) is 3.95. The Balaban J connectivity index is 1.41. The Morgan fingerprint density at radius 1 is 0.976 bits per heavy atom. The van der Waals surface area contributed by atoms with Crippen molar-refractivity contribution in [3.05, 3.63) is 77.9 Å². The second-order valence-electron chi connectivity index (χ2n) is 11.2. The standard InChI is InChI=1S/C31H39NO8S/c1-31(2,3)39-30(33)40-32-17-16-28(25-12-14-27(15-13-25)36-18-7-19-38-41(4,34)35)29(21-32)37-22-23-10-11-24-8-5-6-9-26(24)20-23/h5-6,8-15,20,28-29H,7,16-19,21-22H2,1-4H3. The maximum Gasteiger partial charge on any atom is 0.528 e. The van der Waals surface area contributed by atoms with Crippen molar-refractivity contribution < 1.29 is 36.4 Å². The van der Waals surface area contributed by atoms with Gasteiger partial charge in [-0.25, -0.2) is 4.79 Å². The quantitative estimate of drug-likeness (QED) is 0.156. The molecule has 4 rings (SSSR count). The van der Waals surface area contributed by atoms with E-state index in [1.807, 2.05) is 36.4 Å². The lowest BCUT2D eigenvalue weighted by molar-refractivity contribution is -0.179. The van der Waals surface area contributed by atoms with Crippen LogP contribution in [0.1, 0.15) is 50.7 Å². The van der Waals surface area contributed by atoms with Crippen LogP contribution in [0.25, 0.3) is 10.8 Å². The Kier molecular flexibility index (Phi) is 10.2. The summed E-state index contributed by atoms with van der Waals surface area (Å²) in [6, 6.07) is 22.3. The van der Waals surface area contributed by atoms with E-state index in [0.717, 1.165) is 22.8 Å². The molecular weight excluding hydrogens is 546 g/mol. The fourth-order valence-electron chi connectivity index (χ4n) is 4.70. The van der Waals surface area contributed by atoms with E-state index >= 15 is 0 Å². The Bertz CT molecular complexity index is 1400. The molecule has 1 saturated heterocycles. The van der Waals surface area contributed by atoms with Crippen molar-refractivity contribution in [2.45, 2.75) is 57.8 Å². The minimum absolute atomic E-state index is 0.0751. The summed E-state index contributed by atoms with van der Waals surface area (Å²) in [5.41, 5.74) is 1.51.